The van der Waals surface area contributed by atoms with E-state index in [-0.39, 0.29) is 0 Å². The van der Waals surface area contributed by atoms with Gasteiger partial charge in [0.2, 0.25) is 0 Å². The van der Waals surface area contributed by atoms with Crippen molar-refractivity contribution in [1.29, 1.82) is 0 Å². The quantitative estimate of drug-likeness (QED) is 0.905. The minimum absolute atomic E-state index is 0.352. The van der Waals surface area contributed by atoms with Crippen molar-refractivity contribution in [1.82, 2.24) is 9.97 Å². The van der Waals surface area contributed by atoms with Crippen LogP contribution in [0.3, 0.4) is 0 Å². The molecule has 0 unspecified atom stereocenters. The summed E-state index contributed by atoms with van der Waals surface area (Å²) in [6.45, 7) is 7.53. The predicted molar refractivity (Wildman–Crippen MR) is 68.7 cm³/mol. The molecule has 0 radical (unpaired) electrons. The second kappa shape index (κ2) is 6.15. The minimum Gasteiger partial charge on any atom is -0.377 e. The summed E-state index contributed by atoms with van der Waals surface area (Å²) >= 11 is 3.54. The van der Waals surface area contributed by atoms with Crippen molar-refractivity contribution in [2.75, 3.05) is 19.0 Å². The zero-order chi connectivity index (χ0) is 12.1. The number of hydrogen-bond donors (Lipinski definition) is 1. The average Bonchev–Trinajstić information content (AvgIpc) is 2.23. The van der Waals surface area contributed by atoms with Crippen molar-refractivity contribution < 1.29 is 4.74 Å². The standard InChI is InChI=1S/C11H18BrN3O/c1-5-13-11-9(12)10(7(2)3)14-8(15-11)6-16-4/h7H,5-6H2,1-4H3,(H,13,14,15). The zero-order valence-corrected chi connectivity index (χ0v) is 11.8. The molecule has 5 heteroatoms. The van der Waals surface area contributed by atoms with E-state index in [9.17, 15) is 0 Å². The highest BCUT2D eigenvalue weighted by Crippen LogP contribution is 2.28. The Morgan fingerprint density at radius 2 is 2.06 bits per heavy atom. The second-order valence-corrected chi connectivity index (χ2v) is 4.60. The van der Waals surface area contributed by atoms with E-state index in [4.69, 9.17) is 4.74 Å². The van der Waals surface area contributed by atoms with Crippen molar-refractivity contribution in [2.24, 2.45) is 0 Å². The first kappa shape index (κ1) is 13.4. The number of nitrogens with zero attached hydrogens (tertiary/aromatic N) is 2. The largest absolute Gasteiger partial charge is 0.377 e. The summed E-state index contributed by atoms with van der Waals surface area (Å²) < 4.78 is 6.02. The van der Waals surface area contributed by atoms with Crippen LogP contribution in [0.1, 0.15) is 38.2 Å². The van der Waals surface area contributed by atoms with Gasteiger partial charge in [-0.1, -0.05) is 13.8 Å². The number of hydrogen-bond acceptors (Lipinski definition) is 4. The van der Waals surface area contributed by atoms with Crippen LogP contribution in [0.15, 0.2) is 4.47 Å². The van der Waals surface area contributed by atoms with Crippen LogP contribution >= 0.6 is 15.9 Å². The van der Waals surface area contributed by atoms with E-state index in [2.05, 4.69) is 45.1 Å². The molecule has 0 aliphatic heterocycles. The Balaban J connectivity index is 3.16. The molecule has 0 saturated carbocycles. The molecular weight excluding hydrogens is 270 g/mol. The molecule has 0 aromatic carbocycles. The maximum Gasteiger partial charge on any atom is 0.156 e. The molecule has 1 rings (SSSR count). The summed E-state index contributed by atoms with van der Waals surface area (Å²) in [4.78, 5) is 8.88. The summed E-state index contributed by atoms with van der Waals surface area (Å²) in [5.74, 6) is 1.91. The summed E-state index contributed by atoms with van der Waals surface area (Å²) in [5, 5.41) is 3.22. The molecule has 0 amide bonds. The fourth-order valence-corrected chi connectivity index (χ4v) is 2.15. The summed E-state index contributed by atoms with van der Waals surface area (Å²) in [6, 6.07) is 0. The molecular formula is C11H18BrN3O. The highest BCUT2D eigenvalue weighted by Gasteiger charge is 2.14. The number of ether oxygens (including phenoxy) is 1. The van der Waals surface area contributed by atoms with E-state index in [0.717, 1.165) is 22.5 Å². The topological polar surface area (TPSA) is 47.0 Å². The SMILES string of the molecule is CCNc1nc(COC)nc(C(C)C)c1Br. The lowest BCUT2D eigenvalue weighted by Gasteiger charge is -2.13. The van der Waals surface area contributed by atoms with E-state index in [0.29, 0.717) is 18.3 Å². The molecule has 0 saturated heterocycles. The highest BCUT2D eigenvalue weighted by molar-refractivity contribution is 9.10. The van der Waals surface area contributed by atoms with Crippen LogP contribution in [0.2, 0.25) is 0 Å². The van der Waals surface area contributed by atoms with Gasteiger partial charge >= 0.3 is 0 Å². The van der Waals surface area contributed by atoms with Crippen LogP contribution in [0, 0.1) is 0 Å². The fraction of sp³-hybridized carbons (Fsp3) is 0.636. The van der Waals surface area contributed by atoms with Gasteiger partial charge in [-0.25, -0.2) is 9.97 Å². The molecule has 4 nitrogen and oxygen atoms in total. The first-order valence-corrected chi connectivity index (χ1v) is 6.18. The van der Waals surface area contributed by atoms with E-state index in [1.54, 1.807) is 7.11 Å². The van der Waals surface area contributed by atoms with Gasteiger partial charge in [-0.15, -0.1) is 0 Å². The van der Waals surface area contributed by atoms with E-state index in [1.165, 1.54) is 0 Å². The molecule has 1 aromatic rings. The number of anilines is 1. The van der Waals surface area contributed by atoms with Gasteiger partial charge in [0.1, 0.15) is 12.4 Å². The van der Waals surface area contributed by atoms with Crippen molar-refractivity contribution in [3.63, 3.8) is 0 Å². The van der Waals surface area contributed by atoms with Gasteiger partial charge in [0.25, 0.3) is 0 Å². The second-order valence-electron chi connectivity index (χ2n) is 3.81. The third kappa shape index (κ3) is 3.15. The van der Waals surface area contributed by atoms with Gasteiger partial charge in [0.15, 0.2) is 5.82 Å². The van der Waals surface area contributed by atoms with E-state index >= 15 is 0 Å². The maximum absolute atomic E-state index is 5.07. The number of aromatic nitrogens is 2. The van der Waals surface area contributed by atoms with Gasteiger partial charge in [0, 0.05) is 13.7 Å². The molecule has 0 atom stereocenters. The highest BCUT2D eigenvalue weighted by atomic mass is 79.9. The normalized spacial score (nSPS) is 10.9. The third-order valence-electron chi connectivity index (χ3n) is 2.09. The lowest BCUT2D eigenvalue weighted by molar-refractivity contribution is 0.177. The van der Waals surface area contributed by atoms with Crippen molar-refractivity contribution in [3.8, 4) is 0 Å². The molecule has 0 spiro atoms. The molecule has 0 fully saturated rings. The first-order valence-electron chi connectivity index (χ1n) is 5.39. The van der Waals surface area contributed by atoms with Gasteiger partial charge in [-0.05, 0) is 28.8 Å². The Morgan fingerprint density at radius 1 is 1.38 bits per heavy atom. The van der Waals surface area contributed by atoms with Crippen LogP contribution in [-0.4, -0.2) is 23.6 Å². The molecule has 1 heterocycles. The smallest absolute Gasteiger partial charge is 0.156 e. The lowest BCUT2D eigenvalue weighted by atomic mass is 10.1. The fourth-order valence-electron chi connectivity index (χ4n) is 1.37. The van der Waals surface area contributed by atoms with Crippen molar-refractivity contribution in [3.05, 3.63) is 16.0 Å². The maximum atomic E-state index is 5.07. The summed E-state index contributed by atoms with van der Waals surface area (Å²) in [5.41, 5.74) is 1.01. The van der Waals surface area contributed by atoms with E-state index < -0.39 is 0 Å². The van der Waals surface area contributed by atoms with Crippen LogP contribution < -0.4 is 5.32 Å². The number of halogens is 1. The predicted octanol–water partition coefficient (Wildman–Crippen LogP) is 2.94. The Kier molecular flexibility index (Phi) is 5.15. The average molecular weight is 288 g/mol. The van der Waals surface area contributed by atoms with Crippen LogP contribution in [0.4, 0.5) is 5.82 Å². The van der Waals surface area contributed by atoms with E-state index in [1.807, 2.05) is 6.92 Å². The molecule has 1 N–H and O–H groups in total. The van der Waals surface area contributed by atoms with Gasteiger partial charge in [0.05, 0.1) is 10.2 Å². The van der Waals surface area contributed by atoms with Gasteiger partial charge in [-0.3, -0.25) is 0 Å². The van der Waals surface area contributed by atoms with Crippen LogP contribution in [-0.2, 0) is 11.3 Å². The number of methoxy groups -OCH3 is 1. The van der Waals surface area contributed by atoms with Crippen LogP contribution in [0.5, 0.6) is 0 Å². The zero-order valence-electron chi connectivity index (χ0n) is 10.2. The Labute approximate surface area is 105 Å². The molecule has 1 aromatic heterocycles. The Morgan fingerprint density at radius 3 is 2.56 bits per heavy atom. The third-order valence-corrected chi connectivity index (χ3v) is 2.87. The molecule has 16 heavy (non-hydrogen) atoms. The minimum atomic E-state index is 0.352. The summed E-state index contributed by atoms with van der Waals surface area (Å²) in [6.07, 6.45) is 0. The first-order chi connectivity index (χ1) is 7.60. The lowest BCUT2D eigenvalue weighted by Crippen LogP contribution is -2.09. The number of nitrogens with one attached hydrogen (secondary N) is 1. The summed E-state index contributed by atoms with van der Waals surface area (Å²) in [7, 11) is 1.65. The van der Waals surface area contributed by atoms with Crippen molar-refractivity contribution in [2.45, 2.75) is 33.3 Å². The van der Waals surface area contributed by atoms with Crippen LogP contribution in [0.25, 0.3) is 0 Å². The van der Waals surface area contributed by atoms with Gasteiger partial charge in [-0.2, -0.15) is 0 Å². The van der Waals surface area contributed by atoms with Gasteiger partial charge < -0.3 is 10.1 Å². The Bertz CT molecular complexity index is 355. The monoisotopic (exact) mass is 287 g/mol. The Hall–Kier alpha value is -0.680. The number of rotatable bonds is 5. The molecule has 0 bridgehead atoms. The molecule has 90 valence electrons. The molecule has 0 aliphatic rings. The molecule has 0 aliphatic carbocycles. The van der Waals surface area contributed by atoms with Crippen molar-refractivity contribution >= 4 is 21.7 Å².